The Morgan fingerprint density at radius 1 is 0.829 bits per heavy atom. The molecule has 0 bridgehead atoms. The predicted octanol–water partition coefficient (Wildman–Crippen LogP) is 5.15. The zero-order chi connectivity index (χ0) is 24.3. The first-order valence-electron chi connectivity index (χ1n) is 11.2. The normalized spacial score (nSPS) is 24.3. The molecule has 3 aromatic carbocycles. The molecule has 35 heavy (non-hydrogen) atoms. The summed E-state index contributed by atoms with van der Waals surface area (Å²) in [5.41, 5.74) is 2.85. The predicted molar refractivity (Wildman–Crippen MR) is 135 cm³/mol. The summed E-state index contributed by atoms with van der Waals surface area (Å²) in [6.45, 7) is 0. The molecule has 6 nitrogen and oxygen atoms in total. The molecule has 1 N–H and O–H groups in total. The molecule has 3 heterocycles. The third-order valence-electron chi connectivity index (χ3n) is 6.91. The number of nitrogens with one attached hydrogen (secondary N) is 1. The van der Waals surface area contributed by atoms with Gasteiger partial charge in [0, 0.05) is 21.9 Å². The molecule has 0 aromatic heterocycles. The summed E-state index contributed by atoms with van der Waals surface area (Å²) in [7, 11) is 0. The summed E-state index contributed by atoms with van der Waals surface area (Å²) in [4.78, 5) is 44.3. The molecule has 2 saturated heterocycles. The molecule has 3 aliphatic rings. The number of anilines is 2. The van der Waals surface area contributed by atoms with Crippen molar-refractivity contribution in [3.63, 3.8) is 0 Å². The number of imide groups is 1. The SMILES string of the molecule is O=C(Nc1ccc(Cl)cc1)[C@H]1[C@H]2C(=O)N(c3cccc(Cl)c3)C(=O)[C@H]2C2c3ccccc3C=CN21. The van der Waals surface area contributed by atoms with Gasteiger partial charge in [0.05, 0.1) is 23.6 Å². The fraction of sp³-hybridized carbons (Fsp3) is 0.148. The van der Waals surface area contributed by atoms with E-state index in [0.29, 0.717) is 21.4 Å². The van der Waals surface area contributed by atoms with Crippen LogP contribution in [0.1, 0.15) is 17.2 Å². The molecule has 0 saturated carbocycles. The number of halogens is 2. The van der Waals surface area contributed by atoms with Crippen molar-refractivity contribution in [1.82, 2.24) is 4.90 Å². The summed E-state index contributed by atoms with van der Waals surface area (Å²) < 4.78 is 0. The van der Waals surface area contributed by atoms with Crippen LogP contribution in [0.5, 0.6) is 0 Å². The Balaban J connectivity index is 1.44. The van der Waals surface area contributed by atoms with E-state index < -0.39 is 29.8 Å². The van der Waals surface area contributed by atoms with Gasteiger partial charge in [-0.15, -0.1) is 0 Å². The highest BCUT2D eigenvalue weighted by molar-refractivity contribution is 6.31. The van der Waals surface area contributed by atoms with Gasteiger partial charge in [0.15, 0.2) is 0 Å². The van der Waals surface area contributed by atoms with Crippen LogP contribution in [0.2, 0.25) is 10.0 Å². The second kappa shape index (κ2) is 8.26. The lowest BCUT2D eigenvalue weighted by Crippen LogP contribution is -2.46. The van der Waals surface area contributed by atoms with Crippen molar-refractivity contribution >= 4 is 58.4 Å². The second-order valence-electron chi connectivity index (χ2n) is 8.82. The number of hydrogen-bond donors (Lipinski definition) is 1. The minimum absolute atomic E-state index is 0.329. The van der Waals surface area contributed by atoms with Crippen molar-refractivity contribution in [2.75, 3.05) is 10.2 Å². The third-order valence-corrected chi connectivity index (χ3v) is 7.40. The van der Waals surface area contributed by atoms with Gasteiger partial charge < -0.3 is 10.2 Å². The van der Waals surface area contributed by atoms with Crippen molar-refractivity contribution in [2.45, 2.75) is 12.1 Å². The molecule has 0 radical (unpaired) electrons. The number of hydrogen-bond acceptors (Lipinski definition) is 4. The Bertz CT molecular complexity index is 1400. The number of benzene rings is 3. The van der Waals surface area contributed by atoms with Crippen LogP contribution in [0, 0.1) is 11.8 Å². The summed E-state index contributed by atoms with van der Waals surface area (Å²) in [6, 6.07) is 19.8. The molecule has 174 valence electrons. The monoisotopic (exact) mass is 503 g/mol. The molecule has 8 heteroatoms. The van der Waals surface area contributed by atoms with E-state index >= 15 is 0 Å². The number of fused-ring (bicyclic) bond motifs is 5. The van der Waals surface area contributed by atoms with Crippen molar-refractivity contribution in [3.05, 3.63) is 100 Å². The Morgan fingerprint density at radius 2 is 1.57 bits per heavy atom. The minimum atomic E-state index is -0.870. The average molecular weight is 504 g/mol. The topological polar surface area (TPSA) is 69.7 Å². The summed E-state index contributed by atoms with van der Waals surface area (Å²) >= 11 is 12.1. The Labute approximate surface area is 211 Å². The van der Waals surface area contributed by atoms with E-state index in [1.165, 1.54) is 4.90 Å². The second-order valence-corrected chi connectivity index (χ2v) is 9.69. The highest BCUT2D eigenvalue weighted by atomic mass is 35.5. The Morgan fingerprint density at radius 3 is 2.34 bits per heavy atom. The van der Waals surface area contributed by atoms with Crippen LogP contribution in [0.3, 0.4) is 0 Å². The van der Waals surface area contributed by atoms with Crippen LogP contribution in [-0.4, -0.2) is 28.7 Å². The molecule has 0 spiro atoms. The van der Waals surface area contributed by atoms with Crippen molar-refractivity contribution in [3.8, 4) is 0 Å². The van der Waals surface area contributed by atoms with Gasteiger partial charge in [-0.2, -0.15) is 0 Å². The van der Waals surface area contributed by atoms with Gasteiger partial charge in [0.2, 0.25) is 17.7 Å². The van der Waals surface area contributed by atoms with Gasteiger partial charge in [0.25, 0.3) is 0 Å². The van der Waals surface area contributed by atoms with Crippen molar-refractivity contribution in [1.29, 1.82) is 0 Å². The van der Waals surface area contributed by atoms with Gasteiger partial charge in [-0.1, -0.05) is 53.5 Å². The molecule has 3 aliphatic heterocycles. The third kappa shape index (κ3) is 3.44. The first-order chi connectivity index (χ1) is 16.9. The van der Waals surface area contributed by atoms with Crippen molar-refractivity contribution in [2.24, 2.45) is 11.8 Å². The Hall–Kier alpha value is -3.61. The lowest BCUT2D eigenvalue weighted by Gasteiger charge is -2.35. The zero-order valence-corrected chi connectivity index (χ0v) is 19.8. The highest BCUT2D eigenvalue weighted by Gasteiger charge is 2.64. The standard InChI is InChI=1S/C27H19Cl2N3O3/c28-16-8-10-18(11-9-16)30-25(33)24-22-21(23-20-7-2-1-4-15(20)12-13-31(23)24)26(34)32(27(22)35)19-6-3-5-17(29)14-19/h1-14,21-24H,(H,30,33)/t21-,22+,23?,24-/m1/s1. The molecular formula is C27H19Cl2N3O3. The first kappa shape index (κ1) is 21.9. The molecule has 3 amide bonds. The quantitative estimate of drug-likeness (QED) is 0.502. The van der Waals surface area contributed by atoms with Crippen LogP contribution in [0.4, 0.5) is 11.4 Å². The number of carbonyl (C=O) groups is 3. The highest BCUT2D eigenvalue weighted by Crippen LogP contribution is 2.53. The lowest BCUT2D eigenvalue weighted by molar-refractivity contribution is -0.128. The zero-order valence-electron chi connectivity index (χ0n) is 18.3. The van der Waals surface area contributed by atoms with Crippen LogP contribution < -0.4 is 10.2 Å². The Kier molecular flexibility index (Phi) is 5.16. The van der Waals surface area contributed by atoms with Gasteiger partial charge in [-0.3, -0.25) is 14.4 Å². The fourth-order valence-corrected chi connectivity index (χ4v) is 5.79. The molecule has 0 aliphatic carbocycles. The van der Waals surface area contributed by atoms with Crippen molar-refractivity contribution < 1.29 is 14.4 Å². The molecule has 3 aromatic rings. The van der Waals surface area contributed by atoms with E-state index in [0.717, 1.165) is 11.1 Å². The maximum Gasteiger partial charge on any atom is 0.247 e. The van der Waals surface area contributed by atoms with Crippen LogP contribution in [0.25, 0.3) is 6.08 Å². The van der Waals surface area contributed by atoms with Crippen LogP contribution in [0.15, 0.2) is 79.0 Å². The number of nitrogens with zero attached hydrogens (tertiary/aromatic N) is 2. The van der Waals surface area contributed by atoms with Gasteiger partial charge in [0.1, 0.15) is 6.04 Å². The summed E-state index contributed by atoms with van der Waals surface area (Å²) in [6.07, 6.45) is 3.74. The van der Waals surface area contributed by atoms with E-state index in [1.54, 1.807) is 48.5 Å². The average Bonchev–Trinajstić information content (AvgIpc) is 3.33. The molecule has 6 rings (SSSR count). The maximum atomic E-state index is 13.8. The summed E-state index contributed by atoms with van der Waals surface area (Å²) in [5, 5.41) is 3.87. The van der Waals surface area contributed by atoms with E-state index in [9.17, 15) is 14.4 Å². The fourth-order valence-electron chi connectivity index (χ4n) is 5.48. The smallest absolute Gasteiger partial charge is 0.247 e. The van der Waals surface area contributed by atoms with Crippen LogP contribution in [-0.2, 0) is 14.4 Å². The minimum Gasteiger partial charge on any atom is -0.357 e. The molecular weight excluding hydrogens is 485 g/mol. The van der Waals surface area contributed by atoms with E-state index in [1.807, 2.05) is 41.4 Å². The number of amides is 3. The summed E-state index contributed by atoms with van der Waals surface area (Å²) in [5.74, 6) is -2.66. The van der Waals surface area contributed by atoms with E-state index in [2.05, 4.69) is 5.32 Å². The first-order valence-corrected chi connectivity index (χ1v) is 11.9. The molecule has 1 unspecified atom stereocenters. The maximum absolute atomic E-state index is 13.8. The van der Waals surface area contributed by atoms with Crippen LogP contribution >= 0.6 is 23.2 Å². The number of carbonyl (C=O) groups excluding carboxylic acids is 3. The number of rotatable bonds is 3. The molecule has 2 fully saturated rings. The molecule has 4 atom stereocenters. The van der Waals surface area contributed by atoms with E-state index in [-0.39, 0.29) is 11.8 Å². The lowest BCUT2D eigenvalue weighted by atomic mass is 9.84. The van der Waals surface area contributed by atoms with Gasteiger partial charge in [-0.05, 0) is 59.7 Å². The van der Waals surface area contributed by atoms with Gasteiger partial charge >= 0.3 is 0 Å². The van der Waals surface area contributed by atoms with Gasteiger partial charge in [-0.25, -0.2) is 4.90 Å². The van der Waals surface area contributed by atoms with E-state index in [4.69, 9.17) is 23.2 Å². The largest absolute Gasteiger partial charge is 0.357 e.